The third-order valence-electron chi connectivity index (χ3n) is 4.40. The van der Waals surface area contributed by atoms with E-state index < -0.39 is 26.8 Å². The quantitative estimate of drug-likeness (QED) is 0.788. The highest BCUT2D eigenvalue weighted by molar-refractivity contribution is 7.89. The van der Waals surface area contributed by atoms with Gasteiger partial charge in [-0.05, 0) is 36.8 Å². The van der Waals surface area contributed by atoms with Gasteiger partial charge in [0.2, 0.25) is 15.9 Å². The van der Waals surface area contributed by atoms with Gasteiger partial charge < -0.3 is 5.32 Å². The van der Waals surface area contributed by atoms with Crippen molar-refractivity contribution in [2.45, 2.75) is 50.5 Å². The molecule has 0 aliphatic heterocycles. The number of sulfonamides is 1. The number of hydrogen-bond acceptors (Lipinski definition) is 3. The molecule has 24 heavy (non-hydrogen) atoms. The normalized spacial score (nSPS) is 17.2. The number of benzene rings is 1. The van der Waals surface area contributed by atoms with Crippen LogP contribution in [0, 0.1) is 17.7 Å². The Morgan fingerprint density at radius 2 is 1.88 bits per heavy atom. The van der Waals surface area contributed by atoms with Gasteiger partial charge in [0.05, 0.1) is 0 Å². The number of nitrogens with one attached hydrogen (secondary N) is 2. The molecule has 7 heteroatoms. The molecule has 0 bridgehead atoms. The Morgan fingerprint density at radius 1 is 1.25 bits per heavy atom. The number of halogens is 1. The zero-order valence-corrected chi connectivity index (χ0v) is 14.9. The first kappa shape index (κ1) is 18.9. The molecule has 0 saturated heterocycles. The van der Waals surface area contributed by atoms with Gasteiger partial charge in [0.1, 0.15) is 16.8 Å². The number of rotatable bonds is 7. The molecule has 1 saturated carbocycles. The fraction of sp³-hybridized carbons (Fsp3) is 0.588. The molecular formula is C17H25FN2O3S. The molecule has 0 spiro atoms. The van der Waals surface area contributed by atoms with Crippen molar-refractivity contribution in [2.24, 2.45) is 11.8 Å². The third kappa shape index (κ3) is 4.77. The SMILES string of the molecule is CC(C)[C@H](NS(=O)(=O)c1ccccc1F)C(=O)NCC1CCCC1. The molecule has 2 rings (SSSR count). The van der Waals surface area contributed by atoms with Crippen LogP contribution >= 0.6 is 0 Å². The smallest absolute Gasteiger partial charge is 0.244 e. The van der Waals surface area contributed by atoms with Crippen LogP contribution in [-0.4, -0.2) is 26.9 Å². The van der Waals surface area contributed by atoms with Gasteiger partial charge in [0.15, 0.2) is 0 Å². The minimum Gasteiger partial charge on any atom is -0.354 e. The van der Waals surface area contributed by atoms with Gasteiger partial charge >= 0.3 is 0 Å². The molecule has 1 aromatic rings. The van der Waals surface area contributed by atoms with Gasteiger partial charge in [-0.25, -0.2) is 12.8 Å². The van der Waals surface area contributed by atoms with Crippen LogP contribution in [-0.2, 0) is 14.8 Å². The first-order chi connectivity index (χ1) is 11.3. The second-order valence-corrected chi connectivity index (χ2v) is 8.35. The minimum atomic E-state index is -4.10. The van der Waals surface area contributed by atoms with E-state index in [1.807, 2.05) is 0 Å². The van der Waals surface area contributed by atoms with Crippen LogP contribution in [0.5, 0.6) is 0 Å². The van der Waals surface area contributed by atoms with Gasteiger partial charge in [0.25, 0.3) is 0 Å². The summed E-state index contributed by atoms with van der Waals surface area (Å²) in [5.74, 6) is -0.990. The van der Waals surface area contributed by atoms with Crippen molar-refractivity contribution in [1.82, 2.24) is 10.0 Å². The highest BCUT2D eigenvalue weighted by Crippen LogP contribution is 2.23. The summed E-state index contributed by atoms with van der Waals surface area (Å²) in [5, 5.41) is 2.84. The van der Waals surface area contributed by atoms with Crippen LogP contribution in [0.4, 0.5) is 4.39 Å². The van der Waals surface area contributed by atoms with Gasteiger partial charge in [-0.1, -0.05) is 38.8 Å². The van der Waals surface area contributed by atoms with Crippen molar-refractivity contribution in [2.75, 3.05) is 6.54 Å². The average Bonchev–Trinajstić information content (AvgIpc) is 3.04. The molecule has 0 aromatic heterocycles. The molecule has 1 aliphatic rings. The van der Waals surface area contributed by atoms with Crippen molar-refractivity contribution in [3.63, 3.8) is 0 Å². The molecular weight excluding hydrogens is 331 g/mol. The van der Waals surface area contributed by atoms with Crippen LogP contribution in [0.1, 0.15) is 39.5 Å². The summed E-state index contributed by atoms with van der Waals surface area (Å²) in [7, 11) is -4.10. The number of carbonyl (C=O) groups is 1. The Balaban J connectivity index is 2.07. The maximum atomic E-state index is 13.8. The predicted octanol–water partition coefficient (Wildman–Crippen LogP) is 2.44. The van der Waals surface area contributed by atoms with Gasteiger partial charge in [-0.15, -0.1) is 0 Å². The molecule has 5 nitrogen and oxygen atoms in total. The molecule has 0 unspecified atom stereocenters. The summed E-state index contributed by atoms with van der Waals surface area (Å²) >= 11 is 0. The summed E-state index contributed by atoms with van der Waals surface area (Å²) in [6.07, 6.45) is 4.53. The first-order valence-corrected chi connectivity index (χ1v) is 9.84. The van der Waals surface area contributed by atoms with E-state index in [2.05, 4.69) is 10.0 Å². The monoisotopic (exact) mass is 356 g/mol. The number of hydrogen-bond donors (Lipinski definition) is 2. The van der Waals surface area contributed by atoms with Gasteiger partial charge in [0, 0.05) is 6.54 Å². The molecule has 1 aliphatic carbocycles. The highest BCUT2D eigenvalue weighted by Gasteiger charge is 2.30. The Bertz CT molecular complexity index is 670. The fourth-order valence-electron chi connectivity index (χ4n) is 2.96. The zero-order valence-electron chi connectivity index (χ0n) is 14.1. The van der Waals surface area contributed by atoms with Crippen LogP contribution in [0.25, 0.3) is 0 Å². The van der Waals surface area contributed by atoms with Gasteiger partial charge in [-0.3, -0.25) is 4.79 Å². The van der Waals surface area contributed by atoms with E-state index in [9.17, 15) is 17.6 Å². The van der Waals surface area contributed by atoms with Crippen LogP contribution in [0.2, 0.25) is 0 Å². The largest absolute Gasteiger partial charge is 0.354 e. The van der Waals surface area contributed by atoms with Crippen molar-refractivity contribution < 1.29 is 17.6 Å². The van der Waals surface area contributed by atoms with Crippen molar-refractivity contribution >= 4 is 15.9 Å². The summed E-state index contributed by atoms with van der Waals surface area (Å²) in [4.78, 5) is 12.0. The summed E-state index contributed by atoms with van der Waals surface area (Å²) in [6, 6.07) is 4.20. The average molecular weight is 356 g/mol. The van der Waals surface area contributed by atoms with Crippen molar-refractivity contribution in [3.05, 3.63) is 30.1 Å². The van der Waals surface area contributed by atoms with E-state index in [1.165, 1.54) is 31.0 Å². The molecule has 1 aromatic carbocycles. The van der Waals surface area contributed by atoms with E-state index in [4.69, 9.17) is 0 Å². The van der Waals surface area contributed by atoms with E-state index in [0.717, 1.165) is 18.9 Å². The van der Waals surface area contributed by atoms with Crippen molar-refractivity contribution in [3.8, 4) is 0 Å². The maximum absolute atomic E-state index is 13.8. The standard InChI is InChI=1S/C17H25FN2O3S/c1-12(2)16(17(21)19-11-13-7-3-4-8-13)20-24(22,23)15-10-6-5-9-14(15)18/h5-6,9-10,12-13,16,20H,3-4,7-8,11H2,1-2H3,(H,19,21)/t16-/m0/s1. The van der Waals surface area contributed by atoms with E-state index in [-0.39, 0.29) is 11.8 Å². The summed E-state index contributed by atoms with van der Waals surface area (Å²) in [6.45, 7) is 4.07. The van der Waals surface area contributed by atoms with Crippen molar-refractivity contribution in [1.29, 1.82) is 0 Å². The van der Waals surface area contributed by atoms with E-state index >= 15 is 0 Å². The Kier molecular flexibility index (Phi) is 6.34. The van der Waals surface area contributed by atoms with Crippen LogP contribution in [0.3, 0.4) is 0 Å². The molecule has 134 valence electrons. The van der Waals surface area contributed by atoms with Gasteiger partial charge in [-0.2, -0.15) is 4.72 Å². The summed E-state index contributed by atoms with van der Waals surface area (Å²) in [5.41, 5.74) is 0. The molecule has 1 atom stereocenters. The molecule has 0 heterocycles. The van der Waals surface area contributed by atoms with Crippen LogP contribution < -0.4 is 10.0 Å². The topological polar surface area (TPSA) is 75.3 Å². The third-order valence-corrected chi connectivity index (χ3v) is 5.87. The fourth-order valence-corrected chi connectivity index (χ4v) is 4.38. The summed E-state index contributed by atoms with van der Waals surface area (Å²) < 4.78 is 40.9. The van der Waals surface area contributed by atoms with E-state index in [0.29, 0.717) is 12.5 Å². The predicted molar refractivity (Wildman–Crippen MR) is 90.3 cm³/mol. The first-order valence-electron chi connectivity index (χ1n) is 8.36. The second-order valence-electron chi connectivity index (χ2n) is 6.67. The lowest BCUT2D eigenvalue weighted by atomic mass is 10.0. The molecule has 2 N–H and O–H groups in total. The highest BCUT2D eigenvalue weighted by atomic mass is 32.2. The zero-order chi connectivity index (χ0) is 17.7. The minimum absolute atomic E-state index is 0.255. The van der Waals surface area contributed by atoms with Crippen LogP contribution in [0.15, 0.2) is 29.2 Å². The lowest BCUT2D eigenvalue weighted by Crippen LogP contribution is -2.50. The second kappa shape index (κ2) is 8.07. The number of amides is 1. The Hall–Kier alpha value is -1.47. The lowest BCUT2D eigenvalue weighted by molar-refractivity contribution is -0.123. The number of carbonyl (C=O) groups excluding carboxylic acids is 1. The van der Waals surface area contributed by atoms with E-state index in [1.54, 1.807) is 13.8 Å². The molecule has 1 amide bonds. The molecule has 1 fully saturated rings. The Labute approximate surface area is 143 Å². The maximum Gasteiger partial charge on any atom is 0.244 e. The Morgan fingerprint density at radius 3 is 2.46 bits per heavy atom. The molecule has 0 radical (unpaired) electrons. The lowest BCUT2D eigenvalue weighted by Gasteiger charge is -2.22.